The van der Waals surface area contributed by atoms with Gasteiger partial charge in [0.25, 0.3) is 0 Å². The van der Waals surface area contributed by atoms with E-state index in [1.165, 1.54) is 5.56 Å². The number of rotatable bonds is 0. The van der Waals surface area contributed by atoms with Gasteiger partial charge in [0.15, 0.2) is 0 Å². The van der Waals surface area contributed by atoms with Crippen LogP contribution in [0.1, 0.15) is 5.56 Å². The Labute approximate surface area is 136 Å². The van der Waals surface area contributed by atoms with Gasteiger partial charge in [-0.1, -0.05) is 84.4 Å². The predicted molar refractivity (Wildman–Crippen MR) is 101 cm³/mol. The fraction of sp³-hybridized carbons (Fsp3) is 0.0476. The molecule has 0 fully saturated rings. The molecule has 0 unspecified atom stereocenters. The molecular weight excluding hydrogens is 280 g/mol. The van der Waals surface area contributed by atoms with Crippen molar-refractivity contribution in [3.8, 4) is 0 Å². The molecule has 114 valence electrons. The number of hydrogen-bond acceptors (Lipinski definition) is 2. The van der Waals surface area contributed by atoms with E-state index in [1.807, 2.05) is 66.7 Å². The van der Waals surface area contributed by atoms with Crippen molar-refractivity contribution in [1.82, 2.24) is 0 Å². The van der Waals surface area contributed by atoms with E-state index in [0.29, 0.717) is 0 Å². The molecule has 4 rings (SSSR count). The number of aryl methyl sites for hydroxylation is 1. The third-order valence-corrected chi connectivity index (χ3v) is 3.96. The Kier molecular flexibility index (Phi) is 4.15. The topological polar surface area (TPSA) is 52.0 Å². The molecule has 0 saturated heterocycles. The van der Waals surface area contributed by atoms with E-state index in [9.17, 15) is 0 Å². The van der Waals surface area contributed by atoms with E-state index in [1.54, 1.807) is 0 Å². The molecule has 23 heavy (non-hydrogen) atoms. The quantitative estimate of drug-likeness (QED) is 0.268. The Morgan fingerprint density at radius 2 is 0.783 bits per heavy atom. The van der Waals surface area contributed by atoms with Gasteiger partial charge >= 0.3 is 0 Å². The van der Waals surface area contributed by atoms with Gasteiger partial charge < -0.3 is 11.5 Å². The van der Waals surface area contributed by atoms with Crippen molar-refractivity contribution >= 4 is 32.9 Å². The summed E-state index contributed by atoms with van der Waals surface area (Å²) in [6.07, 6.45) is 0. The van der Waals surface area contributed by atoms with Crippen LogP contribution in [0.4, 0.5) is 11.4 Å². The Balaban J connectivity index is 0.000000188. The summed E-state index contributed by atoms with van der Waals surface area (Å²) in [6.45, 7) is 2.08. The van der Waals surface area contributed by atoms with Crippen LogP contribution in [0.2, 0.25) is 0 Å². The molecule has 0 aliphatic heterocycles. The van der Waals surface area contributed by atoms with Crippen molar-refractivity contribution in [2.75, 3.05) is 11.5 Å². The molecule has 0 amide bonds. The number of benzene rings is 4. The molecule has 4 N–H and O–H groups in total. The largest absolute Gasteiger partial charge is 0.398 e. The summed E-state index contributed by atoms with van der Waals surface area (Å²) >= 11 is 0. The molecular formula is C21H20N2. The van der Waals surface area contributed by atoms with Gasteiger partial charge in [-0.05, 0) is 6.92 Å². The number of hydrogen-bond donors (Lipinski definition) is 2. The second kappa shape index (κ2) is 6.41. The first kappa shape index (κ1) is 14.9. The van der Waals surface area contributed by atoms with Crippen LogP contribution in [0.3, 0.4) is 0 Å². The van der Waals surface area contributed by atoms with Crippen LogP contribution < -0.4 is 11.5 Å². The lowest BCUT2D eigenvalue weighted by atomic mass is 9.99. The van der Waals surface area contributed by atoms with Crippen LogP contribution in [0.25, 0.3) is 21.5 Å². The number of nitrogen functional groups attached to an aromatic ring is 2. The first-order valence-corrected chi connectivity index (χ1v) is 7.64. The number of anilines is 2. The molecule has 0 aromatic heterocycles. The maximum atomic E-state index is 6.17. The normalized spacial score (nSPS) is 10.3. The minimum absolute atomic E-state index is 0.806. The molecule has 0 radical (unpaired) electrons. The molecule has 0 bridgehead atoms. The van der Waals surface area contributed by atoms with Gasteiger partial charge in [0.1, 0.15) is 0 Å². The third-order valence-electron chi connectivity index (χ3n) is 3.96. The van der Waals surface area contributed by atoms with Crippen molar-refractivity contribution in [2.45, 2.75) is 6.92 Å². The Morgan fingerprint density at radius 3 is 1.04 bits per heavy atom. The lowest BCUT2D eigenvalue weighted by molar-refractivity contribution is 1.48. The fourth-order valence-corrected chi connectivity index (χ4v) is 2.73. The molecule has 4 aromatic carbocycles. The minimum atomic E-state index is 0.806. The van der Waals surface area contributed by atoms with E-state index < -0.39 is 0 Å². The van der Waals surface area contributed by atoms with E-state index in [0.717, 1.165) is 32.9 Å². The van der Waals surface area contributed by atoms with Crippen molar-refractivity contribution in [3.63, 3.8) is 0 Å². The van der Waals surface area contributed by atoms with E-state index >= 15 is 0 Å². The van der Waals surface area contributed by atoms with Gasteiger partial charge in [0.2, 0.25) is 0 Å². The van der Waals surface area contributed by atoms with Gasteiger partial charge in [-0.3, -0.25) is 0 Å². The highest BCUT2D eigenvalue weighted by Gasteiger charge is 2.08. The smallest absolute Gasteiger partial charge is 0.0474 e. The fourth-order valence-electron chi connectivity index (χ4n) is 2.73. The highest BCUT2D eigenvalue weighted by Crippen LogP contribution is 2.35. The van der Waals surface area contributed by atoms with Crippen LogP contribution in [-0.4, -0.2) is 0 Å². The van der Waals surface area contributed by atoms with Gasteiger partial charge in [-0.25, -0.2) is 0 Å². The minimum Gasteiger partial charge on any atom is -0.398 e. The first-order valence-electron chi connectivity index (χ1n) is 7.64. The molecule has 2 nitrogen and oxygen atoms in total. The van der Waals surface area contributed by atoms with E-state index in [-0.39, 0.29) is 0 Å². The first-order chi connectivity index (χ1) is 11.2. The molecule has 0 spiro atoms. The number of nitrogens with two attached hydrogens (primary N) is 2. The second-order valence-corrected chi connectivity index (χ2v) is 5.57. The highest BCUT2D eigenvalue weighted by molar-refractivity contribution is 6.18. The van der Waals surface area contributed by atoms with Crippen LogP contribution >= 0.6 is 0 Å². The second-order valence-electron chi connectivity index (χ2n) is 5.57. The Morgan fingerprint density at radius 1 is 0.478 bits per heavy atom. The van der Waals surface area contributed by atoms with Gasteiger partial charge in [-0.2, -0.15) is 0 Å². The van der Waals surface area contributed by atoms with Crippen molar-refractivity contribution in [3.05, 3.63) is 84.4 Å². The molecule has 2 heteroatoms. The van der Waals surface area contributed by atoms with Crippen LogP contribution in [0, 0.1) is 6.92 Å². The maximum absolute atomic E-state index is 6.17. The van der Waals surface area contributed by atoms with Crippen molar-refractivity contribution < 1.29 is 0 Å². The van der Waals surface area contributed by atoms with E-state index in [4.69, 9.17) is 11.5 Å². The standard InChI is InChI=1S/C14H12N2.C7H8/c15-13-9-5-1-2-6-10(9)14(16)12-8-4-3-7-11(12)13;1-7-5-3-2-4-6-7/h1-8H,15-16H2;2-6H,1H3. The summed E-state index contributed by atoms with van der Waals surface area (Å²) in [5.74, 6) is 0. The molecule has 0 atom stereocenters. The Hall–Kier alpha value is -3.00. The molecule has 0 heterocycles. The van der Waals surface area contributed by atoms with Crippen molar-refractivity contribution in [2.24, 2.45) is 0 Å². The lowest BCUT2D eigenvalue weighted by Gasteiger charge is -2.10. The Bertz CT molecular complexity index is 827. The molecule has 0 aliphatic rings. The third kappa shape index (κ3) is 2.97. The van der Waals surface area contributed by atoms with E-state index in [2.05, 4.69) is 19.1 Å². The summed E-state index contributed by atoms with van der Waals surface area (Å²) in [7, 11) is 0. The van der Waals surface area contributed by atoms with Crippen molar-refractivity contribution in [1.29, 1.82) is 0 Å². The predicted octanol–water partition coefficient (Wildman–Crippen LogP) is 5.15. The van der Waals surface area contributed by atoms with Crippen LogP contribution in [0.5, 0.6) is 0 Å². The zero-order valence-corrected chi connectivity index (χ0v) is 13.2. The average Bonchev–Trinajstić information content (AvgIpc) is 2.61. The summed E-state index contributed by atoms with van der Waals surface area (Å²) in [6, 6.07) is 26.2. The van der Waals surface area contributed by atoms with Crippen LogP contribution in [0.15, 0.2) is 78.9 Å². The SMILES string of the molecule is Cc1ccccc1.Nc1c2ccccc2c(N)c2ccccc12. The summed E-state index contributed by atoms with van der Waals surface area (Å²) in [5.41, 5.74) is 15.3. The zero-order chi connectivity index (χ0) is 16.2. The molecule has 0 saturated carbocycles. The monoisotopic (exact) mass is 300 g/mol. The number of fused-ring (bicyclic) bond motifs is 2. The summed E-state index contributed by atoms with van der Waals surface area (Å²) in [5, 5.41) is 4.11. The molecule has 4 aromatic rings. The average molecular weight is 300 g/mol. The van der Waals surface area contributed by atoms with Gasteiger partial charge in [0, 0.05) is 32.9 Å². The van der Waals surface area contributed by atoms with Crippen LogP contribution in [-0.2, 0) is 0 Å². The highest BCUT2D eigenvalue weighted by atomic mass is 14.6. The van der Waals surface area contributed by atoms with Gasteiger partial charge in [0.05, 0.1) is 0 Å². The maximum Gasteiger partial charge on any atom is 0.0474 e. The zero-order valence-electron chi connectivity index (χ0n) is 13.2. The molecule has 0 aliphatic carbocycles. The summed E-state index contributed by atoms with van der Waals surface area (Å²) in [4.78, 5) is 0. The summed E-state index contributed by atoms with van der Waals surface area (Å²) < 4.78 is 0. The van der Waals surface area contributed by atoms with Gasteiger partial charge in [-0.15, -0.1) is 0 Å². The lowest BCUT2D eigenvalue weighted by Crippen LogP contribution is -1.95.